The van der Waals surface area contributed by atoms with Gasteiger partial charge in [-0.25, -0.2) is 0 Å². The van der Waals surface area contributed by atoms with Crippen LogP contribution < -0.4 is 10.1 Å². The van der Waals surface area contributed by atoms with E-state index >= 15 is 0 Å². The Balaban J connectivity index is 2.11. The van der Waals surface area contributed by atoms with Crippen molar-refractivity contribution in [3.63, 3.8) is 0 Å². The molecule has 1 heterocycles. The molecule has 0 saturated heterocycles. The highest BCUT2D eigenvalue weighted by Crippen LogP contribution is 2.27. The summed E-state index contributed by atoms with van der Waals surface area (Å²) >= 11 is 1.01. The van der Waals surface area contributed by atoms with Gasteiger partial charge in [0.25, 0.3) is 5.91 Å². The molecule has 0 spiro atoms. The Bertz CT molecular complexity index is 656. The molecule has 1 aromatic carbocycles. The number of hydrogen-bond donors (Lipinski definition) is 1. The van der Waals surface area contributed by atoms with E-state index in [-0.39, 0.29) is 10.6 Å². The van der Waals surface area contributed by atoms with Gasteiger partial charge < -0.3 is 10.1 Å². The maximum absolute atomic E-state index is 12.2. The monoisotopic (exact) mass is 331 g/mol. The minimum absolute atomic E-state index is 0.0680. The van der Waals surface area contributed by atoms with Crippen LogP contribution >= 0.6 is 11.3 Å². The Morgan fingerprint density at radius 1 is 1.29 bits per heavy atom. The number of anilines is 1. The summed E-state index contributed by atoms with van der Waals surface area (Å²) in [5, 5.41) is 4.07. The number of halogens is 2. The summed E-state index contributed by atoms with van der Waals surface area (Å²) in [6.07, 6.45) is 1.55. The molecule has 4 nitrogen and oxygen atoms in total. The molecular weight excluding hydrogens is 320 g/mol. The molecule has 2 rings (SSSR count). The van der Waals surface area contributed by atoms with E-state index in [9.17, 15) is 17.8 Å². The van der Waals surface area contributed by atoms with E-state index in [0.29, 0.717) is 10.6 Å². The van der Waals surface area contributed by atoms with Crippen molar-refractivity contribution in [2.45, 2.75) is 11.5 Å². The molecule has 1 atom stereocenters. The second kappa shape index (κ2) is 6.77. The van der Waals surface area contributed by atoms with E-state index < -0.39 is 23.3 Å². The summed E-state index contributed by atoms with van der Waals surface area (Å²) in [5.74, 6) is -0.690. The van der Waals surface area contributed by atoms with Crippen LogP contribution in [0.25, 0.3) is 0 Å². The normalized spacial score (nSPS) is 12.2. The molecule has 0 aliphatic rings. The second-order valence-electron chi connectivity index (χ2n) is 3.93. The molecule has 0 bridgehead atoms. The SMILES string of the molecule is C[S@@](=O)c1ccc(NC(=O)c2sccc2OC(F)F)cc1. The third-order valence-electron chi connectivity index (χ3n) is 2.50. The van der Waals surface area contributed by atoms with Gasteiger partial charge in [-0.15, -0.1) is 11.3 Å². The Kier molecular flexibility index (Phi) is 5.03. The molecule has 1 aromatic heterocycles. The lowest BCUT2D eigenvalue weighted by molar-refractivity contribution is -0.0498. The number of carbonyl (C=O) groups is 1. The standard InChI is InChI=1S/C13H11F2NO3S2/c1-21(18)9-4-2-8(3-5-9)16-12(17)11-10(6-7-20-11)19-13(14)15/h2-7,13H,1H3,(H,16,17)/t21-/m1/s1. The minimum atomic E-state index is -2.98. The van der Waals surface area contributed by atoms with Crippen molar-refractivity contribution in [3.8, 4) is 5.75 Å². The molecule has 0 aliphatic carbocycles. The van der Waals surface area contributed by atoms with Crippen LogP contribution in [0.5, 0.6) is 5.75 Å². The van der Waals surface area contributed by atoms with Gasteiger partial charge in [-0.2, -0.15) is 8.78 Å². The van der Waals surface area contributed by atoms with Gasteiger partial charge in [0.05, 0.1) is 0 Å². The van der Waals surface area contributed by atoms with E-state index in [1.54, 1.807) is 30.5 Å². The molecule has 0 saturated carbocycles. The third-order valence-corrected chi connectivity index (χ3v) is 4.33. The highest BCUT2D eigenvalue weighted by molar-refractivity contribution is 7.84. The van der Waals surface area contributed by atoms with Gasteiger partial charge in [-0.1, -0.05) is 0 Å². The second-order valence-corrected chi connectivity index (χ2v) is 6.22. The van der Waals surface area contributed by atoms with Crippen LogP contribution in [0.2, 0.25) is 0 Å². The first-order chi connectivity index (χ1) is 9.97. The number of nitrogens with one attached hydrogen (secondary N) is 1. The van der Waals surface area contributed by atoms with Crippen molar-refractivity contribution >= 4 is 33.7 Å². The van der Waals surface area contributed by atoms with E-state index in [2.05, 4.69) is 10.1 Å². The van der Waals surface area contributed by atoms with Gasteiger partial charge in [-0.3, -0.25) is 9.00 Å². The predicted molar refractivity (Wildman–Crippen MR) is 77.7 cm³/mol. The number of rotatable bonds is 5. The van der Waals surface area contributed by atoms with Crippen LogP contribution in [0, 0.1) is 0 Å². The van der Waals surface area contributed by atoms with Crippen molar-refractivity contribution in [2.75, 3.05) is 11.6 Å². The summed E-state index contributed by atoms with van der Waals surface area (Å²) in [6, 6.07) is 7.74. The fourth-order valence-corrected chi connectivity index (χ4v) is 2.81. The summed E-state index contributed by atoms with van der Waals surface area (Å²) < 4.78 is 39.9. The smallest absolute Gasteiger partial charge is 0.387 e. The Morgan fingerprint density at radius 3 is 2.52 bits per heavy atom. The van der Waals surface area contributed by atoms with Crippen molar-refractivity contribution in [1.82, 2.24) is 0 Å². The van der Waals surface area contributed by atoms with E-state index in [0.717, 1.165) is 11.3 Å². The van der Waals surface area contributed by atoms with Crippen LogP contribution in [0.15, 0.2) is 40.6 Å². The van der Waals surface area contributed by atoms with Gasteiger partial charge in [-0.05, 0) is 35.7 Å². The van der Waals surface area contributed by atoms with Crippen molar-refractivity contribution in [3.05, 3.63) is 40.6 Å². The number of amides is 1. The fraction of sp³-hybridized carbons (Fsp3) is 0.154. The number of hydrogen-bond acceptors (Lipinski definition) is 4. The van der Waals surface area contributed by atoms with E-state index in [1.807, 2.05) is 0 Å². The lowest BCUT2D eigenvalue weighted by Gasteiger charge is -2.07. The van der Waals surface area contributed by atoms with E-state index in [4.69, 9.17) is 0 Å². The summed E-state index contributed by atoms with van der Waals surface area (Å²) in [4.78, 5) is 12.7. The quantitative estimate of drug-likeness (QED) is 0.914. The highest BCUT2D eigenvalue weighted by Gasteiger charge is 2.17. The first kappa shape index (κ1) is 15.6. The molecule has 21 heavy (non-hydrogen) atoms. The Labute approximate surface area is 126 Å². The molecule has 0 aliphatic heterocycles. The number of alkyl halides is 2. The largest absolute Gasteiger partial charge is 0.433 e. The van der Waals surface area contributed by atoms with Crippen molar-refractivity contribution < 1.29 is 22.5 Å². The van der Waals surface area contributed by atoms with Crippen molar-refractivity contribution in [1.29, 1.82) is 0 Å². The first-order valence-corrected chi connectivity index (χ1v) is 8.18. The van der Waals surface area contributed by atoms with Gasteiger partial charge in [0.1, 0.15) is 10.6 Å². The van der Waals surface area contributed by atoms with Gasteiger partial charge >= 0.3 is 6.61 Å². The minimum Gasteiger partial charge on any atom is -0.433 e. The summed E-state index contributed by atoms with van der Waals surface area (Å²) in [7, 11) is -1.10. The Morgan fingerprint density at radius 2 is 1.95 bits per heavy atom. The predicted octanol–water partition coefficient (Wildman–Crippen LogP) is 3.34. The number of carbonyl (C=O) groups excluding carboxylic acids is 1. The zero-order chi connectivity index (χ0) is 15.4. The molecule has 2 aromatic rings. The summed E-state index contributed by atoms with van der Waals surface area (Å²) in [5.41, 5.74) is 0.477. The third kappa shape index (κ3) is 4.08. The number of benzene rings is 1. The molecule has 0 unspecified atom stereocenters. The fourth-order valence-electron chi connectivity index (χ4n) is 1.57. The zero-order valence-electron chi connectivity index (χ0n) is 10.8. The van der Waals surface area contributed by atoms with Gasteiger partial charge in [0, 0.05) is 27.6 Å². The maximum Gasteiger partial charge on any atom is 0.387 e. The maximum atomic E-state index is 12.2. The number of ether oxygens (including phenoxy) is 1. The first-order valence-electron chi connectivity index (χ1n) is 5.74. The van der Waals surface area contributed by atoms with Crippen LogP contribution in [0.3, 0.4) is 0 Å². The highest BCUT2D eigenvalue weighted by atomic mass is 32.2. The van der Waals surface area contributed by atoms with Crippen LogP contribution in [0.1, 0.15) is 9.67 Å². The van der Waals surface area contributed by atoms with Crippen molar-refractivity contribution in [2.24, 2.45) is 0 Å². The topological polar surface area (TPSA) is 55.4 Å². The molecule has 0 fully saturated rings. The lowest BCUT2D eigenvalue weighted by atomic mass is 10.3. The average molecular weight is 331 g/mol. The lowest BCUT2D eigenvalue weighted by Crippen LogP contribution is -2.13. The molecule has 112 valence electrons. The molecule has 8 heteroatoms. The van der Waals surface area contributed by atoms with Crippen LogP contribution in [-0.4, -0.2) is 23.0 Å². The number of thiophene rings is 1. The van der Waals surface area contributed by atoms with Gasteiger partial charge in [0.15, 0.2) is 0 Å². The van der Waals surface area contributed by atoms with Crippen LogP contribution in [-0.2, 0) is 10.8 Å². The molecular formula is C13H11F2NO3S2. The van der Waals surface area contributed by atoms with Crippen LogP contribution in [0.4, 0.5) is 14.5 Å². The molecule has 1 amide bonds. The van der Waals surface area contributed by atoms with E-state index in [1.165, 1.54) is 11.4 Å². The van der Waals surface area contributed by atoms with Gasteiger partial charge in [0.2, 0.25) is 0 Å². The average Bonchev–Trinajstić information content (AvgIpc) is 2.86. The summed E-state index contributed by atoms with van der Waals surface area (Å²) in [6.45, 7) is -2.98. The molecule has 0 radical (unpaired) electrons. The molecule has 1 N–H and O–H groups in total. The Hall–Kier alpha value is -1.80. The zero-order valence-corrected chi connectivity index (χ0v) is 12.5.